The summed E-state index contributed by atoms with van der Waals surface area (Å²) in [4.78, 5) is 0. The summed E-state index contributed by atoms with van der Waals surface area (Å²) >= 11 is 5.90. The first-order valence-corrected chi connectivity index (χ1v) is 9.01. The van der Waals surface area contributed by atoms with E-state index in [9.17, 15) is 5.11 Å². The van der Waals surface area contributed by atoms with Gasteiger partial charge in [0.15, 0.2) is 11.5 Å². The van der Waals surface area contributed by atoms with Crippen LogP contribution in [0.5, 0.6) is 11.5 Å². The molecule has 0 radical (unpaired) electrons. The fraction of sp³-hybridized carbons (Fsp3) is 0.400. The molecule has 5 heteroatoms. The Bertz CT molecular complexity index is 642. The number of nitrogens with one attached hydrogen (secondary N) is 1. The zero-order valence-electron chi connectivity index (χ0n) is 14.8. The van der Waals surface area contributed by atoms with Crippen LogP contribution in [0.1, 0.15) is 31.4 Å². The Balaban J connectivity index is 2.03. The SMILES string of the molecule is CCOc1cc(CN[C@H](CC)CO)ccc1OCc1ccc(Cl)cc1. The molecule has 0 fully saturated rings. The lowest BCUT2D eigenvalue weighted by molar-refractivity contribution is 0.238. The zero-order chi connectivity index (χ0) is 18.1. The Morgan fingerprint density at radius 3 is 2.36 bits per heavy atom. The van der Waals surface area contributed by atoms with E-state index in [-0.39, 0.29) is 12.6 Å². The lowest BCUT2D eigenvalue weighted by atomic mass is 10.1. The number of rotatable bonds is 10. The van der Waals surface area contributed by atoms with Gasteiger partial charge in [-0.25, -0.2) is 0 Å². The van der Waals surface area contributed by atoms with E-state index in [0.29, 0.717) is 24.8 Å². The highest BCUT2D eigenvalue weighted by Crippen LogP contribution is 2.29. The molecule has 1 atom stereocenters. The summed E-state index contributed by atoms with van der Waals surface area (Å²) in [6.07, 6.45) is 0.886. The largest absolute Gasteiger partial charge is 0.490 e. The Labute approximate surface area is 154 Å². The van der Waals surface area contributed by atoms with Gasteiger partial charge < -0.3 is 19.9 Å². The summed E-state index contributed by atoms with van der Waals surface area (Å²) in [5, 5.41) is 13.3. The van der Waals surface area contributed by atoms with Crippen LogP contribution in [-0.4, -0.2) is 24.4 Å². The highest BCUT2D eigenvalue weighted by atomic mass is 35.5. The maximum atomic E-state index is 9.27. The van der Waals surface area contributed by atoms with Crippen LogP contribution in [0.3, 0.4) is 0 Å². The minimum Gasteiger partial charge on any atom is -0.490 e. The molecule has 0 aromatic heterocycles. The van der Waals surface area contributed by atoms with E-state index in [1.54, 1.807) is 0 Å². The third-order valence-electron chi connectivity index (χ3n) is 3.92. The summed E-state index contributed by atoms with van der Waals surface area (Å²) in [5.74, 6) is 1.45. The van der Waals surface area contributed by atoms with Crippen molar-refractivity contribution in [3.05, 3.63) is 58.6 Å². The molecular weight excluding hydrogens is 338 g/mol. The second-order valence-electron chi connectivity index (χ2n) is 5.80. The van der Waals surface area contributed by atoms with Crippen molar-refractivity contribution in [2.75, 3.05) is 13.2 Å². The summed E-state index contributed by atoms with van der Waals surface area (Å²) in [6, 6.07) is 13.6. The Morgan fingerprint density at radius 2 is 1.72 bits per heavy atom. The van der Waals surface area contributed by atoms with Gasteiger partial charge in [0.1, 0.15) is 6.61 Å². The molecule has 0 heterocycles. The van der Waals surface area contributed by atoms with Gasteiger partial charge in [-0.05, 0) is 48.7 Å². The predicted octanol–water partition coefficient (Wildman–Crippen LogP) is 4.18. The van der Waals surface area contributed by atoms with E-state index in [1.165, 1.54) is 0 Å². The molecule has 2 N–H and O–H groups in total. The van der Waals surface area contributed by atoms with Crippen LogP contribution in [-0.2, 0) is 13.2 Å². The first-order chi connectivity index (χ1) is 12.2. The molecule has 0 saturated heterocycles. The van der Waals surface area contributed by atoms with Gasteiger partial charge in [0.05, 0.1) is 13.2 Å². The fourth-order valence-electron chi connectivity index (χ4n) is 2.39. The topological polar surface area (TPSA) is 50.7 Å². The molecule has 0 spiro atoms. The van der Waals surface area contributed by atoms with Gasteiger partial charge in [-0.15, -0.1) is 0 Å². The van der Waals surface area contributed by atoms with Crippen molar-refractivity contribution in [2.24, 2.45) is 0 Å². The van der Waals surface area contributed by atoms with Crippen molar-refractivity contribution in [1.29, 1.82) is 0 Å². The molecule has 0 aliphatic carbocycles. The fourth-order valence-corrected chi connectivity index (χ4v) is 2.52. The standard InChI is InChI=1S/C20H26ClNO3/c1-3-18(13-23)22-12-16-7-10-19(20(11-16)24-4-2)25-14-15-5-8-17(21)9-6-15/h5-11,18,22-23H,3-4,12-14H2,1-2H3/t18-/m1/s1. The van der Waals surface area contributed by atoms with E-state index in [4.69, 9.17) is 21.1 Å². The second kappa shape index (κ2) is 10.3. The molecule has 136 valence electrons. The number of hydrogen-bond acceptors (Lipinski definition) is 4. The third-order valence-corrected chi connectivity index (χ3v) is 4.18. The number of aliphatic hydroxyl groups is 1. The van der Waals surface area contributed by atoms with Crippen molar-refractivity contribution >= 4 is 11.6 Å². The number of aliphatic hydroxyl groups excluding tert-OH is 1. The summed E-state index contributed by atoms with van der Waals surface area (Å²) in [7, 11) is 0. The normalized spacial score (nSPS) is 12.0. The van der Waals surface area contributed by atoms with Crippen LogP contribution >= 0.6 is 11.6 Å². The number of ether oxygens (including phenoxy) is 2. The average molecular weight is 364 g/mol. The molecule has 0 amide bonds. The lowest BCUT2D eigenvalue weighted by Crippen LogP contribution is -2.31. The molecule has 2 aromatic carbocycles. The monoisotopic (exact) mass is 363 g/mol. The molecule has 0 unspecified atom stereocenters. The van der Waals surface area contributed by atoms with E-state index in [1.807, 2.05) is 56.3 Å². The van der Waals surface area contributed by atoms with Crippen LogP contribution in [0.4, 0.5) is 0 Å². The van der Waals surface area contributed by atoms with Crippen molar-refractivity contribution < 1.29 is 14.6 Å². The smallest absolute Gasteiger partial charge is 0.161 e. The van der Waals surface area contributed by atoms with Gasteiger partial charge in [0.25, 0.3) is 0 Å². The summed E-state index contributed by atoms with van der Waals surface area (Å²) in [6.45, 7) is 5.84. The van der Waals surface area contributed by atoms with E-state index in [2.05, 4.69) is 5.32 Å². The molecule has 0 saturated carbocycles. The summed E-state index contributed by atoms with van der Waals surface area (Å²) < 4.78 is 11.6. The minimum absolute atomic E-state index is 0.108. The highest BCUT2D eigenvalue weighted by Gasteiger charge is 2.09. The Kier molecular flexibility index (Phi) is 8.06. The van der Waals surface area contributed by atoms with Gasteiger partial charge in [0, 0.05) is 17.6 Å². The quantitative estimate of drug-likeness (QED) is 0.665. The number of hydrogen-bond donors (Lipinski definition) is 2. The summed E-state index contributed by atoms with van der Waals surface area (Å²) in [5.41, 5.74) is 2.14. The number of halogens is 1. The molecule has 0 aliphatic rings. The third kappa shape index (κ3) is 6.24. The molecule has 2 rings (SSSR count). The van der Waals surface area contributed by atoms with Crippen LogP contribution < -0.4 is 14.8 Å². The van der Waals surface area contributed by atoms with Crippen molar-refractivity contribution in [2.45, 2.75) is 39.5 Å². The molecule has 25 heavy (non-hydrogen) atoms. The van der Waals surface area contributed by atoms with Crippen molar-refractivity contribution in [3.63, 3.8) is 0 Å². The average Bonchev–Trinajstić information content (AvgIpc) is 2.63. The molecular formula is C20H26ClNO3. The lowest BCUT2D eigenvalue weighted by Gasteiger charge is -2.16. The van der Waals surface area contributed by atoms with Crippen molar-refractivity contribution in [1.82, 2.24) is 5.32 Å². The van der Waals surface area contributed by atoms with Crippen LogP contribution in [0.25, 0.3) is 0 Å². The van der Waals surface area contributed by atoms with Gasteiger partial charge in [-0.2, -0.15) is 0 Å². The van der Waals surface area contributed by atoms with Crippen LogP contribution in [0.15, 0.2) is 42.5 Å². The minimum atomic E-state index is 0.108. The molecule has 0 aliphatic heterocycles. The van der Waals surface area contributed by atoms with E-state index < -0.39 is 0 Å². The predicted molar refractivity (Wildman–Crippen MR) is 101 cm³/mol. The van der Waals surface area contributed by atoms with E-state index >= 15 is 0 Å². The van der Waals surface area contributed by atoms with Gasteiger partial charge in [-0.1, -0.05) is 36.7 Å². The highest BCUT2D eigenvalue weighted by molar-refractivity contribution is 6.30. The first-order valence-electron chi connectivity index (χ1n) is 8.63. The number of benzene rings is 2. The van der Waals surface area contributed by atoms with Gasteiger partial charge in [-0.3, -0.25) is 0 Å². The van der Waals surface area contributed by atoms with Gasteiger partial charge >= 0.3 is 0 Å². The van der Waals surface area contributed by atoms with E-state index in [0.717, 1.165) is 29.0 Å². The molecule has 2 aromatic rings. The Hall–Kier alpha value is -1.75. The first kappa shape index (κ1) is 19.6. The van der Waals surface area contributed by atoms with Crippen LogP contribution in [0.2, 0.25) is 5.02 Å². The van der Waals surface area contributed by atoms with Gasteiger partial charge in [0.2, 0.25) is 0 Å². The second-order valence-corrected chi connectivity index (χ2v) is 6.23. The maximum Gasteiger partial charge on any atom is 0.161 e. The Morgan fingerprint density at radius 1 is 1.00 bits per heavy atom. The molecule has 0 bridgehead atoms. The van der Waals surface area contributed by atoms with Crippen LogP contribution in [0, 0.1) is 0 Å². The molecule has 4 nitrogen and oxygen atoms in total. The van der Waals surface area contributed by atoms with Crippen molar-refractivity contribution in [3.8, 4) is 11.5 Å². The zero-order valence-corrected chi connectivity index (χ0v) is 15.6. The maximum absolute atomic E-state index is 9.27.